The third-order valence-corrected chi connectivity index (χ3v) is 26.2. The average molecular weight is 1180 g/mol. The molecule has 3 aromatic heterocycles. The molecule has 0 amide bonds. The fourth-order valence-corrected chi connectivity index (χ4v) is 11.3. The Bertz CT molecular complexity index is 3990. The number of fused-ring (bicyclic) bond motifs is 20. The molecule has 2 aliphatic heterocycles. The summed E-state index contributed by atoms with van der Waals surface area (Å²) in [5, 5.41) is 3.49. The minimum atomic E-state index is -2.21. The number of benzene rings is 4. The van der Waals surface area contributed by atoms with Gasteiger partial charge in [-0.05, 0) is 121 Å². The molecule has 0 saturated heterocycles. The van der Waals surface area contributed by atoms with Gasteiger partial charge in [0.15, 0.2) is 16.6 Å². The topological polar surface area (TPSA) is 124 Å². The second-order valence-electron chi connectivity index (χ2n) is 29.1. The molecule has 14 heteroatoms. The molecule has 0 N–H and O–H groups in total. The van der Waals surface area contributed by atoms with Crippen LogP contribution in [0.3, 0.4) is 0 Å². The van der Waals surface area contributed by atoms with E-state index in [1.807, 2.05) is 6.07 Å². The van der Waals surface area contributed by atoms with E-state index < -0.39 is 24.7 Å². The Hall–Kier alpha value is -5.71. The quantitative estimate of drug-likeness (QED) is 0.117. The molecule has 7 aromatic rings. The van der Waals surface area contributed by atoms with Crippen LogP contribution in [0.5, 0.6) is 0 Å². The van der Waals surface area contributed by atoms with Crippen molar-refractivity contribution in [3.8, 4) is 68.9 Å². The summed E-state index contributed by atoms with van der Waals surface area (Å²) >= 11 is 0. The number of rotatable bonds is 6. The summed E-state index contributed by atoms with van der Waals surface area (Å²) in [6, 6.07) is 25.6. The van der Waals surface area contributed by atoms with Crippen LogP contribution < -0.4 is 9.97 Å². The van der Waals surface area contributed by atoms with Crippen LogP contribution in [0, 0.1) is 23.3 Å². The van der Waals surface area contributed by atoms with E-state index in [1.54, 1.807) is 0 Å². The second kappa shape index (κ2) is 21.5. The number of nitrogens with zero attached hydrogens (tertiary/aromatic N) is 8. The van der Waals surface area contributed by atoms with Gasteiger partial charge in [0, 0.05) is 61.6 Å². The minimum Gasteiger partial charge on any atom is -0.412 e. The molecule has 8 bridgehead atoms. The fourth-order valence-electron chi connectivity index (χ4n) is 8.89. The van der Waals surface area contributed by atoms with Gasteiger partial charge in [-0.2, -0.15) is 0 Å². The van der Waals surface area contributed by atoms with Crippen molar-refractivity contribution >= 4 is 68.8 Å². The van der Waals surface area contributed by atoms with E-state index in [1.165, 1.54) is 5.56 Å². The van der Waals surface area contributed by atoms with Crippen molar-refractivity contribution in [1.82, 2.24) is 39.9 Å². The van der Waals surface area contributed by atoms with Crippen molar-refractivity contribution in [2.75, 3.05) is 13.2 Å². The van der Waals surface area contributed by atoms with Crippen LogP contribution in [-0.2, 0) is 44.6 Å². The van der Waals surface area contributed by atoms with Crippen molar-refractivity contribution in [2.45, 2.75) is 176 Å². The maximum atomic E-state index is 6.98. The van der Waals surface area contributed by atoms with E-state index in [-0.39, 0.29) is 45.8 Å². The Balaban J connectivity index is 0.00000860. The molecule has 0 radical (unpaired) electrons. The molecule has 0 spiro atoms. The molecule has 416 valence electrons. The number of hydrogen-bond donors (Lipinski definition) is 0. The molecule has 0 aliphatic carbocycles. The van der Waals surface area contributed by atoms with Crippen LogP contribution >= 0.6 is 0 Å². The third-order valence-electron chi connectivity index (χ3n) is 16.4. The zero-order valence-corrected chi connectivity index (χ0v) is 58.4. The first kappa shape index (κ1) is 61.4. The van der Waals surface area contributed by atoms with Crippen LogP contribution in [-0.4, -0.2) is 67.8 Å². The third kappa shape index (κ3) is 12.9. The van der Waals surface area contributed by atoms with E-state index in [4.69, 9.17) is 48.7 Å². The van der Waals surface area contributed by atoms with Gasteiger partial charge >= 0.3 is 19.5 Å². The van der Waals surface area contributed by atoms with Gasteiger partial charge < -0.3 is 38.8 Å². The average Bonchev–Trinajstić information content (AvgIpc) is 4.28. The predicted molar refractivity (Wildman–Crippen MR) is 341 cm³/mol. The standard InChI is InChI=1S/C67H82N8O2Si3.Zn/c1-63(2,3)44-26-30-48-52(36-44)60-71-57(48)69-58-50-32-28-46(65(7,8)9)38-54(50)62(73-58)75-61-53-37-45(64(4,5)6)27-31-49(53)56(72-61)68-55-47-29-24-41(35-51(47)59(70-55)74-60)23-25-42(39-76-79(19,20)66(10,11)12)43(33-34-78(16,17)18)40-77-80(21,22)67(13,14)15;/h24,26-32,35-38H,39-40H2,1-22H3;/q-2;+2/b43-42+;. The van der Waals surface area contributed by atoms with Crippen molar-refractivity contribution in [3.05, 3.63) is 106 Å². The minimum absolute atomic E-state index is 0. The van der Waals surface area contributed by atoms with E-state index in [9.17, 15) is 0 Å². The van der Waals surface area contributed by atoms with E-state index in [2.05, 4.69) is 240 Å². The van der Waals surface area contributed by atoms with Gasteiger partial charge in [0.2, 0.25) is 0 Å². The predicted octanol–water partition coefficient (Wildman–Crippen LogP) is 16.6. The van der Waals surface area contributed by atoms with Gasteiger partial charge in [-0.3, -0.25) is 0 Å². The first-order valence-electron chi connectivity index (χ1n) is 28.2. The molecule has 0 unspecified atom stereocenters. The largest absolute Gasteiger partial charge is 2.00 e. The normalized spacial score (nSPS) is 13.7. The van der Waals surface area contributed by atoms with E-state index in [0.29, 0.717) is 59.1 Å². The van der Waals surface area contributed by atoms with E-state index >= 15 is 0 Å². The second-order valence-corrected chi connectivity index (χ2v) is 43.4. The Kier molecular flexibility index (Phi) is 16.3. The van der Waals surface area contributed by atoms with Crippen molar-refractivity contribution in [1.29, 1.82) is 0 Å². The summed E-state index contributed by atoms with van der Waals surface area (Å²) in [5.41, 5.74) is 14.7. The molecular formula is C67H82N8O2Si3Zn. The summed E-state index contributed by atoms with van der Waals surface area (Å²) < 4.78 is 13.9. The van der Waals surface area contributed by atoms with Gasteiger partial charge in [0.1, 0.15) is 8.07 Å². The molecule has 4 aromatic carbocycles. The van der Waals surface area contributed by atoms with Gasteiger partial charge in [-0.25, -0.2) is 9.97 Å². The molecule has 0 atom stereocenters. The first-order valence-corrected chi connectivity index (χ1v) is 37.5. The summed E-state index contributed by atoms with van der Waals surface area (Å²) in [6.45, 7) is 50.2. The molecule has 0 fully saturated rings. The maximum Gasteiger partial charge on any atom is 2.00 e. The summed E-state index contributed by atoms with van der Waals surface area (Å²) in [4.78, 5) is 42.4. The maximum absolute atomic E-state index is 6.98. The molecule has 5 heterocycles. The summed E-state index contributed by atoms with van der Waals surface area (Å²) in [5.74, 6) is 12.9. The molecule has 0 saturated carbocycles. The zero-order chi connectivity index (χ0) is 58.5. The Morgan fingerprint density at radius 3 is 1.19 bits per heavy atom. The Morgan fingerprint density at radius 2 is 0.778 bits per heavy atom. The zero-order valence-electron chi connectivity index (χ0n) is 52.4. The molecule has 81 heavy (non-hydrogen) atoms. The molecular weight excluding hydrogens is 1100 g/mol. The molecule has 9 rings (SSSR count). The van der Waals surface area contributed by atoms with Crippen LogP contribution in [0.2, 0.25) is 55.9 Å². The van der Waals surface area contributed by atoms with Crippen LogP contribution in [0.25, 0.3) is 89.7 Å². The number of hydrogen-bond acceptors (Lipinski definition) is 8. The monoisotopic (exact) mass is 1180 g/mol. The first-order chi connectivity index (χ1) is 36.9. The van der Waals surface area contributed by atoms with Crippen molar-refractivity contribution in [2.24, 2.45) is 0 Å². The SMILES string of the molecule is CC(C)(C)c1ccc2c(c1)-c1nc-2nc2[n-]c(nc3nc(nc4[n-]c(n1)c1cc(C(C)(C)C)ccc41)-c1ccc(C#C/C(CO[Si](C)(C)C(C)(C)C)=C(/C#C[Si](C)(C)C)CO[Si](C)(C)C(C)(C)C)cc1-3)c1cc(C(C)(C)C)ccc21.[Zn+2]. The van der Waals surface area contributed by atoms with Gasteiger partial charge in [0.05, 0.1) is 36.5 Å². The van der Waals surface area contributed by atoms with Gasteiger partial charge in [0.25, 0.3) is 0 Å². The van der Waals surface area contributed by atoms with Crippen molar-refractivity contribution < 1.29 is 28.3 Å². The van der Waals surface area contributed by atoms with Crippen LogP contribution in [0.4, 0.5) is 0 Å². The van der Waals surface area contributed by atoms with Crippen LogP contribution in [0.15, 0.2) is 83.9 Å². The molecule has 10 nitrogen and oxygen atoms in total. The van der Waals surface area contributed by atoms with Gasteiger partial charge in [-0.15, -0.1) is 5.54 Å². The smallest absolute Gasteiger partial charge is 0.412 e. The van der Waals surface area contributed by atoms with Gasteiger partial charge in [-0.1, -0.05) is 184 Å². The van der Waals surface area contributed by atoms with E-state index in [0.717, 1.165) is 71.6 Å². The summed E-state index contributed by atoms with van der Waals surface area (Å²) in [6.07, 6.45) is 0. The summed E-state index contributed by atoms with van der Waals surface area (Å²) in [7, 11) is -6.18. The van der Waals surface area contributed by atoms with Crippen LogP contribution in [0.1, 0.15) is 126 Å². The fraction of sp³-hybridized carbons (Fsp3) is 0.433. The van der Waals surface area contributed by atoms with Crippen molar-refractivity contribution in [3.63, 3.8) is 0 Å². The Morgan fingerprint density at radius 1 is 0.420 bits per heavy atom. The molecule has 2 aliphatic rings. The Labute approximate surface area is 498 Å². The number of aromatic nitrogens is 8.